The zero-order valence-corrected chi connectivity index (χ0v) is 9.37. The van der Waals surface area contributed by atoms with E-state index >= 15 is 0 Å². The molecule has 3 nitrogen and oxygen atoms in total. The fourth-order valence-electron chi connectivity index (χ4n) is 0.971. The lowest BCUT2D eigenvalue weighted by Crippen LogP contribution is -2.05. The second-order valence-corrected chi connectivity index (χ2v) is 3.42. The lowest BCUT2D eigenvalue weighted by atomic mass is 10.2. The van der Waals surface area contributed by atoms with Crippen molar-refractivity contribution < 1.29 is 9.47 Å². The summed E-state index contributed by atoms with van der Waals surface area (Å²) < 4.78 is 11.0. The molecule has 0 N–H and O–H groups in total. The first-order chi connectivity index (χ1) is 6.79. The van der Waals surface area contributed by atoms with Crippen LogP contribution in [0.5, 0.6) is 5.75 Å². The summed E-state index contributed by atoms with van der Waals surface area (Å²) in [5.74, 6) is 0.576. The summed E-state index contributed by atoms with van der Waals surface area (Å²) in [4.78, 5) is 0. The van der Waals surface area contributed by atoms with Gasteiger partial charge >= 0.3 is 0 Å². The van der Waals surface area contributed by atoms with Crippen LogP contribution < -0.4 is 4.74 Å². The van der Waals surface area contributed by atoms with Gasteiger partial charge in [-0.25, -0.2) is 0 Å². The van der Waals surface area contributed by atoms with E-state index in [2.05, 4.69) is 22.0 Å². The third-order valence-corrected chi connectivity index (χ3v) is 2.25. The number of halogens is 1. The van der Waals surface area contributed by atoms with Gasteiger partial charge in [0.2, 0.25) is 0 Å². The van der Waals surface area contributed by atoms with E-state index in [1.54, 1.807) is 19.2 Å². The molecule has 0 amide bonds. The molecule has 0 aromatic heterocycles. The van der Waals surface area contributed by atoms with Crippen molar-refractivity contribution in [3.8, 4) is 11.8 Å². The SMILES string of the molecule is COCCOc1c(Br)cccc1C#N. The van der Waals surface area contributed by atoms with Crippen molar-refractivity contribution in [3.05, 3.63) is 28.2 Å². The Kier molecular flexibility index (Phi) is 4.44. The molecule has 0 saturated heterocycles. The minimum absolute atomic E-state index is 0.438. The molecular formula is C10H10BrNO2. The second kappa shape index (κ2) is 5.63. The van der Waals surface area contributed by atoms with Crippen LogP contribution in [0, 0.1) is 11.3 Å². The van der Waals surface area contributed by atoms with Gasteiger partial charge in [0.1, 0.15) is 12.7 Å². The standard InChI is InChI=1S/C10H10BrNO2/c1-13-5-6-14-10-8(7-12)3-2-4-9(10)11/h2-4H,5-6H2,1H3. The van der Waals surface area contributed by atoms with E-state index in [1.165, 1.54) is 0 Å². The third kappa shape index (κ3) is 2.72. The van der Waals surface area contributed by atoms with Crippen LogP contribution in [0.15, 0.2) is 22.7 Å². The molecule has 1 aromatic rings. The Balaban J connectivity index is 2.78. The van der Waals surface area contributed by atoms with Gasteiger partial charge in [0.25, 0.3) is 0 Å². The lowest BCUT2D eigenvalue weighted by Gasteiger charge is -2.08. The zero-order valence-electron chi connectivity index (χ0n) is 7.79. The molecule has 0 unspecified atom stereocenters. The molecular weight excluding hydrogens is 246 g/mol. The first-order valence-electron chi connectivity index (χ1n) is 4.10. The number of hydrogen-bond acceptors (Lipinski definition) is 3. The van der Waals surface area contributed by atoms with Crippen LogP contribution in [0.3, 0.4) is 0 Å². The Hall–Kier alpha value is -1.05. The molecule has 1 rings (SSSR count). The van der Waals surface area contributed by atoms with Gasteiger partial charge < -0.3 is 9.47 Å². The van der Waals surface area contributed by atoms with E-state index in [4.69, 9.17) is 14.7 Å². The summed E-state index contributed by atoms with van der Waals surface area (Å²) in [5.41, 5.74) is 0.524. The van der Waals surface area contributed by atoms with E-state index < -0.39 is 0 Å². The van der Waals surface area contributed by atoms with E-state index in [-0.39, 0.29) is 0 Å². The van der Waals surface area contributed by atoms with Crippen molar-refractivity contribution in [2.45, 2.75) is 0 Å². The first-order valence-corrected chi connectivity index (χ1v) is 4.89. The maximum absolute atomic E-state index is 8.82. The van der Waals surface area contributed by atoms with Crippen molar-refractivity contribution in [1.82, 2.24) is 0 Å². The Morgan fingerprint density at radius 3 is 2.86 bits per heavy atom. The van der Waals surface area contributed by atoms with Crippen molar-refractivity contribution in [1.29, 1.82) is 5.26 Å². The van der Waals surface area contributed by atoms with Crippen LogP contribution in [-0.4, -0.2) is 20.3 Å². The normalized spacial score (nSPS) is 9.50. The smallest absolute Gasteiger partial charge is 0.151 e. The van der Waals surface area contributed by atoms with E-state index in [0.717, 1.165) is 4.47 Å². The lowest BCUT2D eigenvalue weighted by molar-refractivity contribution is 0.146. The van der Waals surface area contributed by atoms with Gasteiger partial charge in [-0.05, 0) is 28.1 Å². The molecule has 0 bridgehead atoms. The number of nitriles is 1. The number of nitrogens with zero attached hydrogens (tertiary/aromatic N) is 1. The van der Waals surface area contributed by atoms with Crippen molar-refractivity contribution in [2.24, 2.45) is 0 Å². The minimum Gasteiger partial charge on any atom is -0.489 e. The van der Waals surface area contributed by atoms with Crippen LogP contribution in [0.4, 0.5) is 0 Å². The highest BCUT2D eigenvalue weighted by molar-refractivity contribution is 9.10. The summed E-state index contributed by atoms with van der Waals surface area (Å²) in [6.07, 6.45) is 0. The molecule has 0 saturated carbocycles. The maximum Gasteiger partial charge on any atom is 0.151 e. The predicted octanol–water partition coefficient (Wildman–Crippen LogP) is 2.35. The molecule has 0 spiro atoms. The van der Waals surface area contributed by atoms with E-state index in [9.17, 15) is 0 Å². The third-order valence-electron chi connectivity index (χ3n) is 1.62. The monoisotopic (exact) mass is 255 g/mol. The van der Waals surface area contributed by atoms with Gasteiger partial charge in [-0.15, -0.1) is 0 Å². The molecule has 0 aliphatic heterocycles. The average molecular weight is 256 g/mol. The number of hydrogen-bond donors (Lipinski definition) is 0. The first kappa shape index (κ1) is 11.0. The zero-order chi connectivity index (χ0) is 10.4. The van der Waals surface area contributed by atoms with Crippen LogP contribution in [-0.2, 0) is 4.74 Å². The minimum atomic E-state index is 0.438. The van der Waals surface area contributed by atoms with Gasteiger partial charge in [-0.1, -0.05) is 6.07 Å². The fraction of sp³-hybridized carbons (Fsp3) is 0.300. The molecule has 0 atom stereocenters. The van der Waals surface area contributed by atoms with Crippen LogP contribution in [0.25, 0.3) is 0 Å². The molecule has 1 aromatic carbocycles. The molecule has 4 heteroatoms. The summed E-state index contributed by atoms with van der Waals surface area (Å²) in [5, 5.41) is 8.82. The van der Waals surface area contributed by atoms with Crippen molar-refractivity contribution in [3.63, 3.8) is 0 Å². The van der Waals surface area contributed by atoms with Gasteiger partial charge in [0.15, 0.2) is 5.75 Å². The van der Waals surface area contributed by atoms with Crippen LogP contribution >= 0.6 is 15.9 Å². The predicted molar refractivity (Wildman–Crippen MR) is 56.2 cm³/mol. The molecule has 0 fully saturated rings. The molecule has 0 aliphatic carbocycles. The van der Waals surface area contributed by atoms with Crippen LogP contribution in [0.1, 0.15) is 5.56 Å². The molecule has 0 aliphatic rings. The molecule has 14 heavy (non-hydrogen) atoms. The molecule has 74 valence electrons. The van der Waals surface area contributed by atoms with Crippen molar-refractivity contribution in [2.75, 3.05) is 20.3 Å². The Labute approximate surface area is 91.4 Å². The number of ether oxygens (including phenoxy) is 2. The number of rotatable bonds is 4. The quantitative estimate of drug-likeness (QED) is 0.776. The van der Waals surface area contributed by atoms with Gasteiger partial charge in [0.05, 0.1) is 16.6 Å². The van der Waals surface area contributed by atoms with Crippen molar-refractivity contribution >= 4 is 15.9 Å². The van der Waals surface area contributed by atoms with E-state index in [0.29, 0.717) is 24.5 Å². The molecule has 0 radical (unpaired) electrons. The molecule has 0 heterocycles. The van der Waals surface area contributed by atoms with Gasteiger partial charge in [-0.3, -0.25) is 0 Å². The fourth-order valence-corrected chi connectivity index (χ4v) is 1.45. The summed E-state index contributed by atoms with van der Waals surface area (Å²) in [6, 6.07) is 7.42. The number of methoxy groups -OCH3 is 1. The highest BCUT2D eigenvalue weighted by atomic mass is 79.9. The largest absolute Gasteiger partial charge is 0.489 e. The highest BCUT2D eigenvalue weighted by Crippen LogP contribution is 2.28. The second-order valence-electron chi connectivity index (χ2n) is 2.57. The summed E-state index contributed by atoms with van der Waals surface area (Å²) in [6.45, 7) is 0.944. The van der Waals surface area contributed by atoms with Gasteiger partial charge in [-0.2, -0.15) is 5.26 Å². The summed E-state index contributed by atoms with van der Waals surface area (Å²) >= 11 is 3.32. The Bertz CT molecular complexity index is 346. The van der Waals surface area contributed by atoms with E-state index in [1.807, 2.05) is 6.07 Å². The number of para-hydroxylation sites is 1. The Morgan fingerprint density at radius 2 is 2.21 bits per heavy atom. The number of benzene rings is 1. The maximum atomic E-state index is 8.82. The van der Waals surface area contributed by atoms with Gasteiger partial charge in [0, 0.05) is 7.11 Å². The highest BCUT2D eigenvalue weighted by Gasteiger charge is 2.06. The Morgan fingerprint density at radius 1 is 1.43 bits per heavy atom. The average Bonchev–Trinajstić information content (AvgIpc) is 2.20. The van der Waals surface area contributed by atoms with Crippen LogP contribution in [0.2, 0.25) is 0 Å². The topological polar surface area (TPSA) is 42.2 Å². The summed E-state index contributed by atoms with van der Waals surface area (Å²) in [7, 11) is 1.61.